The molecule has 2 saturated heterocycles. The van der Waals surface area contributed by atoms with E-state index in [9.17, 15) is 9.59 Å². The molecular weight excluding hydrogens is 358 g/mol. The van der Waals surface area contributed by atoms with E-state index in [2.05, 4.69) is 10.3 Å². The van der Waals surface area contributed by atoms with Crippen molar-refractivity contribution in [1.82, 2.24) is 9.88 Å². The highest BCUT2D eigenvalue weighted by molar-refractivity contribution is 5.94. The van der Waals surface area contributed by atoms with Crippen molar-refractivity contribution in [3.8, 4) is 0 Å². The SMILES string of the molecule is CC(=O)c1ccc(Nc2ccc(C(=O)N3CCC4(CC3)OCCO4)nc2)cc1. The summed E-state index contributed by atoms with van der Waals surface area (Å²) in [6.07, 6.45) is 3.02. The van der Waals surface area contributed by atoms with Gasteiger partial charge in [0.1, 0.15) is 5.69 Å². The lowest BCUT2D eigenvalue weighted by atomic mass is 10.0. The molecule has 2 aliphatic heterocycles. The van der Waals surface area contributed by atoms with Crippen LogP contribution < -0.4 is 5.32 Å². The average Bonchev–Trinajstić information content (AvgIpc) is 3.17. The molecule has 0 saturated carbocycles. The van der Waals surface area contributed by atoms with Crippen molar-refractivity contribution >= 4 is 23.1 Å². The Morgan fingerprint density at radius 1 is 1.00 bits per heavy atom. The van der Waals surface area contributed by atoms with Gasteiger partial charge in [-0.1, -0.05) is 0 Å². The van der Waals surface area contributed by atoms with Crippen LogP contribution in [0.1, 0.15) is 40.6 Å². The van der Waals surface area contributed by atoms with Crippen LogP contribution in [0.25, 0.3) is 0 Å². The van der Waals surface area contributed by atoms with Crippen molar-refractivity contribution in [3.63, 3.8) is 0 Å². The molecule has 7 heteroatoms. The number of benzene rings is 1. The number of nitrogens with one attached hydrogen (secondary N) is 1. The number of likely N-dealkylation sites (tertiary alicyclic amines) is 1. The third-order valence-electron chi connectivity index (χ3n) is 5.19. The van der Waals surface area contributed by atoms with Crippen molar-refractivity contribution in [3.05, 3.63) is 53.9 Å². The molecule has 1 aromatic carbocycles. The number of carbonyl (C=O) groups excluding carboxylic acids is 2. The van der Waals surface area contributed by atoms with Gasteiger partial charge in [-0.05, 0) is 43.3 Å². The van der Waals surface area contributed by atoms with Crippen LogP contribution in [0.5, 0.6) is 0 Å². The van der Waals surface area contributed by atoms with Gasteiger partial charge in [-0.3, -0.25) is 9.59 Å². The molecule has 0 unspecified atom stereocenters. The van der Waals surface area contributed by atoms with Crippen molar-refractivity contribution < 1.29 is 19.1 Å². The molecule has 1 aromatic heterocycles. The van der Waals surface area contributed by atoms with Crippen molar-refractivity contribution in [2.75, 3.05) is 31.6 Å². The molecule has 2 aromatic rings. The largest absolute Gasteiger partial charge is 0.354 e. The van der Waals surface area contributed by atoms with Gasteiger partial charge in [0, 0.05) is 37.2 Å². The Hall–Kier alpha value is -2.77. The lowest BCUT2D eigenvalue weighted by Gasteiger charge is -2.37. The number of hydrogen-bond acceptors (Lipinski definition) is 6. The third kappa shape index (κ3) is 3.90. The summed E-state index contributed by atoms with van der Waals surface area (Å²) in [4.78, 5) is 30.2. The molecule has 0 bridgehead atoms. The Labute approximate surface area is 163 Å². The van der Waals surface area contributed by atoms with Crippen molar-refractivity contribution in [2.24, 2.45) is 0 Å². The molecular formula is C21H23N3O4. The molecule has 0 aliphatic carbocycles. The van der Waals surface area contributed by atoms with E-state index in [1.807, 2.05) is 18.2 Å². The Balaban J connectivity index is 1.36. The summed E-state index contributed by atoms with van der Waals surface area (Å²) in [5.41, 5.74) is 2.71. The highest BCUT2D eigenvalue weighted by Gasteiger charge is 2.40. The number of hydrogen-bond donors (Lipinski definition) is 1. The number of rotatable bonds is 4. The van der Waals surface area contributed by atoms with E-state index in [1.54, 1.807) is 29.3 Å². The monoisotopic (exact) mass is 381 g/mol. The maximum atomic E-state index is 12.7. The van der Waals surface area contributed by atoms with Crippen molar-refractivity contribution in [1.29, 1.82) is 0 Å². The minimum absolute atomic E-state index is 0.0331. The van der Waals surface area contributed by atoms with E-state index >= 15 is 0 Å². The van der Waals surface area contributed by atoms with E-state index in [-0.39, 0.29) is 11.7 Å². The van der Waals surface area contributed by atoms with E-state index in [4.69, 9.17) is 9.47 Å². The second-order valence-electron chi connectivity index (χ2n) is 7.09. The minimum Gasteiger partial charge on any atom is -0.354 e. The maximum absolute atomic E-state index is 12.7. The molecule has 1 amide bonds. The Bertz CT molecular complexity index is 848. The predicted molar refractivity (Wildman–Crippen MR) is 104 cm³/mol. The van der Waals surface area contributed by atoms with Crippen LogP contribution in [0.2, 0.25) is 0 Å². The topological polar surface area (TPSA) is 80.8 Å². The van der Waals surface area contributed by atoms with E-state index in [1.165, 1.54) is 6.92 Å². The van der Waals surface area contributed by atoms with Crippen LogP contribution in [0, 0.1) is 0 Å². The molecule has 2 fully saturated rings. The Morgan fingerprint density at radius 3 is 2.21 bits per heavy atom. The number of aromatic nitrogens is 1. The van der Waals surface area contributed by atoms with E-state index < -0.39 is 5.79 Å². The summed E-state index contributed by atoms with van der Waals surface area (Å²) in [6.45, 7) is 3.99. The summed E-state index contributed by atoms with van der Waals surface area (Å²) in [7, 11) is 0. The molecule has 28 heavy (non-hydrogen) atoms. The Morgan fingerprint density at radius 2 is 1.64 bits per heavy atom. The quantitative estimate of drug-likeness (QED) is 0.820. The fourth-order valence-corrected chi connectivity index (χ4v) is 3.55. The van der Waals surface area contributed by atoms with Gasteiger partial charge in [0.25, 0.3) is 5.91 Å². The zero-order valence-electron chi connectivity index (χ0n) is 15.8. The van der Waals surface area contributed by atoms with Gasteiger partial charge in [-0.15, -0.1) is 0 Å². The first-order chi connectivity index (χ1) is 13.5. The van der Waals surface area contributed by atoms with Gasteiger partial charge in [0.05, 0.1) is 25.1 Å². The number of anilines is 2. The lowest BCUT2D eigenvalue weighted by Crippen LogP contribution is -2.47. The van der Waals surface area contributed by atoms with Gasteiger partial charge in [-0.25, -0.2) is 4.98 Å². The number of nitrogens with zero attached hydrogens (tertiary/aromatic N) is 2. The number of pyridine rings is 1. The normalized spacial score (nSPS) is 18.2. The summed E-state index contributed by atoms with van der Waals surface area (Å²) < 4.78 is 11.4. The first kappa shape index (κ1) is 18.6. The van der Waals surface area contributed by atoms with Crippen LogP contribution in [-0.2, 0) is 9.47 Å². The molecule has 1 N–H and O–H groups in total. The first-order valence-electron chi connectivity index (χ1n) is 9.46. The number of ketones is 1. The van der Waals surface area contributed by atoms with Crippen LogP contribution >= 0.6 is 0 Å². The predicted octanol–water partition coefficient (Wildman–Crippen LogP) is 3.01. The van der Waals surface area contributed by atoms with Gasteiger partial charge < -0.3 is 19.7 Å². The van der Waals surface area contributed by atoms with Crippen LogP contribution in [0.15, 0.2) is 42.6 Å². The number of ether oxygens (including phenoxy) is 2. The summed E-state index contributed by atoms with van der Waals surface area (Å²) in [5, 5.41) is 3.22. The van der Waals surface area contributed by atoms with Gasteiger partial charge >= 0.3 is 0 Å². The van der Waals surface area contributed by atoms with E-state index in [0.29, 0.717) is 50.4 Å². The summed E-state index contributed by atoms with van der Waals surface area (Å²) in [5.74, 6) is -0.536. The molecule has 1 spiro atoms. The zero-order valence-corrected chi connectivity index (χ0v) is 15.8. The highest BCUT2D eigenvalue weighted by Crippen LogP contribution is 2.31. The lowest BCUT2D eigenvalue weighted by molar-refractivity contribution is -0.181. The smallest absolute Gasteiger partial charge is 0.272 e. The molecule has 146 valence electrons. The summed E-state index contributed by atoms with van der Waals surface area (Å²) in [6, 6.07) is 10.8. The molecule has 2 aliphatic rings. The first-order valence-corrected chi connectivity index (χ1v) is 9.46. The second-order valence-corrected chi connectivity index (χ2v) is 7.09. The van der Waals surface area contributed by atoms with Crippen LogP contribution in [0.4, 0.5) is 11.4 Å². The molecule has 0 radical (unpaired) electrons. The molecule has 3 heterocycles. The number of piperidine rings is 1. The fourth-order valence-electron chi connectivity index (χ4n) is 3.55. The van der Waals surface area contributed by atoms with Crippen LogP contribution in [-0.4, -0.2) is 53.7 Å². The standard InChI is InChI=1S/C21H23N3O4/c1-15(25)16-2-4-17(5-3-16)23-18-6-7-19(22-14-18)20(26)24-10-8-21(9-11-24)27-12-13-28-21/h2-7,14,23H,8-13H2,1H3. The van der Waals surface area contributed by atoms with Gasteiger partial charge in [0.2, 0.25) is 0 Å². The van der Waals surface area contributed by atoms with Crippen molar-refractivity contribution in [2.45, 2.75) is 25.6 Å². The number of amides is 1. The molecule has 7 nitrogen and oxygen atoms in total. The number of Topliss-reactive ketones (excluding diaryl/α,β-unsaturated/α-hetero) is 1. The zero-order chi connectivity index (χ0) is 19.6. The maximum Gasteiger partial charge on any atom is 0.272 e. The van der Waals surface area contributed by atoms with Gasteiger partial charge in [-0.2, -0.15) is 0 Å². The van der Waals surface area contributed by atoms with E-state index in [0.717, 1.165) is 11.4 Å². The van der Waals surface area contributed by atoms with Crippen LogP contribution in [0.3, 0.4) is 0 Å². The molecule has 4 rings (SSSR count). The highest BCUT2D eigenvalue weighted by atomic mass is 16.7. The third-order valence-corrected chi connectivity index (χ3v) is 5.19. The fraction of sp³-hybridized carbons (Fsp3) is 0.381. The Kier molecular flexibility index (Phi) is 5.11. The van der Waals surface area contributed by atoms with Gasteiger partial charge in [0.15, 0.2) is 11.6 Å². The summed E-state index contributed by atoms with van der Waals surface area (Å²) >= 11 is 0. The average molecular weight is 381 g/mol. The minimum atomic E-state index is -0.490. The number of carbonyl (C=O) groups is 2. The molecule has 0 atom stereocenters. The second kappa shape index (κ2) is 7.69.